The Bertz CT molecular complexity index is 1290. The summed E-state index contributed by atoms with van der Waals surface area (Å²) >= 11 is 12.0. The molecule has 0 radical (unpaired) electrons. The number of rotatable bonds is 5. The zero-order valence-electron chi connectivity index (χ0n) is 17.4. The maximum atomic E-state index is 12.6. The van der Waals surface area contributed by atoms with Gasteiger partial charge in [0.25, 0.3) is 5.91 Å². The molecule has 3 heterocycles. The molecule has 0 aliphatic carbocycles. The molecule has 33 heavy (non-hydrogen) atoms. The van der Waals surface area contributed by atoms with Crippen molar-refractivity contribution in [3.05, 3.63) is 64.9 Å². The van der Waals surface area contributed by atoms with Crippen LogP contribution in [0, 0.1) is 0 Å². The maximum absolute atomic E-state index is 12.6. The van der Waals surface area contributed by atoms with Gasteiger partial charge in [-0.3, -0.25) is 4.79 Å². The summed E-state index contributed by atoms with van der Waals surface area (Å²) in [6, 6.07) is 14.6. The molecule has 2 aromatic carbocycles. The van der Waals surface area contributed by atoms with Crippen LogP contribution in [-0.2, 0) is 4.79 Å². The first kappa shape index (κ1) is 21.4. The summed E-state index contributed by atoms with van der Waals surface area (Å²) in [5, 5.41) is 9.48. The number of fused-ring (bicyclic) bond motifs is 1. The quantitative estimate of drug-likeness (QED) is 0.430. The molecule has 0 saturated carbocycles. The molecular formula is C22H19Cl2N7O2. The molecular weight excluding hydrogens is 465 g/mol. The van der Waals surface area contributed by atoms with E-state index < -0.39 is 0 Å². The maximum Gasteiger partial charge on any atom is 0.260 e. The molecule has 1 amide bonds. The topological polar surface area (TPSA) is 89.3 Å². The number of carbonyl (C=O) groups excluding carboxylic acids is 1. The molecule has 0 bridgehead atoms. The van der Waals surface area contributed by atoms with Crippen LogP contribution in [0.1, 0.15) is 0 Å². The van der Waals surface area contributed by atoms with Gasteiger partial charge >= 0.3 is 0 Å². The SMILES string of the molecule is O=C(COc1ccc(Cl)cc1Cl)N1CCN(c2ncnc3c2nnn3-c2ccccc2)CC1. The average Bonchev–Trinajstić information content (AvgIpc) is 3.28. The fraction of sp³-hybridized carbons (Fsp3) is 0.227. The first-order chi connectivity index (χ1) is 16.1. The Morgan fingerprint density at radius 3 is 2.55 bits per heavy atom. The number of nitrogens with zero attached hydrogens (tertiary/aromatic N) is 7. The number of amides is 1. The second-order valence-electron chi connectivity index (χ2n) is 7.44. The van der Waals surface area contributed by atoms with Crippen molar-refractivity contribution in [1.82, 2.24) is 29.9 Å². The van der Waals surface area contributed by atoms with Crippen molar-refractivity contribution in [2.75, 3.05) is 37.7 Å². The number of para-hydroxylation sites is 1. The first-order valence-electron chi connectivity index (χ1n) is 10.3. The molecule has 1 saturated heterocycles. The zero-order chi connectivity index (χ0) is 22.8. The van der Waals surface area contributed by atoms with Gasteiger partial charge in [-0.1, -0.05) is 46.6 Å². The van der Waals surface area contributed by atoms with Gasteiger partial charge in [0.1, 0.15) is 12.1 Å². The van der Waals surface area contributed by atoms with Gasteiger partial charge in [0.15, 0.2) is 23.6 Å². The molecule has 9 nitrogen and oxygen atoms in total. The van der Waals surface area contributed by atoms with Crippen molar-refractivity contribution in [3.63, 3.8) is 0 Å². The largest absolute Gasteiger partial charge is 0.482 e. The number of aromatic nitrogens is 5. The lowest BCUT2D eigenvalue weighted by Crippen LogP contribution is -2.50. The van der Waals surface area contributed by atoms with E-state index in [-0.39, 0.29) is 12.5 Å². The lowest BCUT2D eigenvalue weighted by atomic mass is 10.3. The van der Waals surface area contributed by atoms with Crippen LogP contribution in [0.5, 0.6) is 5.75 Å². The molecule has 1 aliphatic rings. The third-order valence-corrected chi connectivity index (χ3v) is 5.93. The Morgan fingerprint density at radius 2 is 1.79 bits per heavy atom. The lowest BCUT2D eigenvalue weighted by Gasteiger charge is -2.35. The summed E-state index contributed by atoms with van der Waals surface area (Å²) < 4.78 is 7.28. The monoisotopic (exact) mass is 483 g/mol. The zero-order valence-corrected chi connectivity index (χ0v) is 18.9. The number of anilines is 1. The summed E-state index contributed by atoms with van der Waals surface area (Å²) in [5.74, 6) is 1.03. The minimum atomic E-state index is -0.108. The second-order valence-corrected chi connectivity index (χ2v) is 8.28. The Kier molecular flexibility index (Phi) is 5.97. The van der Waals surface area contributed by atoms with Gasteiger partial charge < -0.3 is 14.5 Å². The molecule has 4 aromatic rings. The standard InChI is InChI=1S/C22H19Cl2N7O2/c23-15-6-7-18(17(24)12-15)33-13-19(32)29-8-10-30(11-9-29)21-20-22(26-14-25-21)31(28-27-20)16-4-2-1-3-5-16/h1-7,12,14H,8-11,13H2. The number of carbonyl (C=O) groups is 1. The van der Waals surface area contributed by atoms with Crippen LogP contribution in [-0.4, -0.2) is 68.6 Å². The third-order valence-electron chi connectivity index (χ3n) is 5.40. The number of halogens is 2. The van der Waals surface area contributed by atoms with Crippen LogP contribution in [0.4, 0.5) is 5.82 Å². The Hall–Kier alpha value is -3.43. The molecule has 168 valence electrons. The minimum absolute atomic E-state index is 0.0928. The Labute approximate surface area is 199 Å². The molecule has 0 atom stereocenters. The first-order valence-corrected chi connectivity index (χ1v) is 11.1. The molecule has 2 aromatic heterocycles. The Morgan fingerprint density at radius 1 is 1.00 bits per heavy atom. The number of hydrogen-bond donors (Lipinski definition) is 0. The van der Waals surface area contributed by atoms with Gasteiger partial charge in [-0.25, -0.2) is 9.97 Å². The summed E-state index contributed by atoms with van der Waals surface area (Å²) in [5.41, 5.74) is 2.14. The van der Waals surface area contributed by atoms with E-state index in [1.54, 1.807) is 27.8 Å². The highest BCUT2D eigenvalue weighted by molar-refractivity contribution is 6.35. The van der Waals surface area contributed by atoms with E-state index in [4.69, 9.17) is 27.9 Å². The van der Waals surface area contributed by atoms with Gasteiger partial charge in [-0.15, -0.1) is 5.10 Å². The fourth-order valence-corrected chi connectivity index (χ4v) is 4.17. The summed E-state index contributed by atoms with van der Waals surface area (Å²) in [7, 11) is 0. The van der Waals surface area contributed by atoms with E-state index in [2.05, 4.69) is 25.2 Å². The average molecular weight is 484 g/mol. The van der Waals surface area contributed by atoms with Gasteiger partial charge in [-0.05, 0) is 30.3 Å². The van der Waals surface area contributed by atoms with Crippen LogP contribution in [0.2, 0.25) is 10.0 Å². The van der Waals surface area contributed by atoms with E-state index in [0.29, 0.717) is 59.0 Å². The van der Waals surface area contributed by atoms with E-state index >= 15 is 0 Å². The van der Waals surface area contributed by atoms with E-state index in [1.807, 2.05) is 30.3 Å². The van der Waals surface area contributed by atoms with Crippen molar-refractivity contribution >= 4 is 46.1 Å². The molecule has 5 rings (SSSR count). The summed E-state index contributed by atoms with van der Waals surface area (Å²) in [6.45, 7) is 2.20. The predicted molar refractivity (Wildman–Crippen MR) is 125 cm³/mol. The molecule has 0 spiro atoms. The normalized spacial score (nSPS) is 14.0. The number of piperazine rings is 1. The van der Waals surface area contributed by atoms with Crippen LogP contribution in [0.3, 0.4) is 0 Å². The van der Waals surface area contributed by atoms with Crippen molar-refractivity contribution in [2.45, 2.75) is 0 Å². The van der Waals surface area contributed by atoms with Crippen molar-refractivity contribution in [3.8, 4) is 11.4 Å². The van der Waals surface area contributed by atoms with Crippen molar-refractivity contribution in [1.29, 1.82) is 0 Å². The van der Waals surface area contributed by atoms with Gasteiger partial charge in [0.2, 0.25) is 0 Å². The highest BCUT2D eigenvalue weighted by Gasteiger charge is 2.25. The van der Waals surface area contributed by atoms with Gasteiger partial charge in [-0.2, -0.15) is 4.68 Å². The smallest absolute Gasteiger partial charge is 0.260 e. The minimum Gasteiger partial charge on any atom is -0.482 e. The van der Waals surface area contributed by atoms with E-state index in [9.17, 15) is 4.79 Å². The van der Waals surface area contributed by atoms with Crippen molar-refractivity contribution < 1.29 is 9.53 Å². The Balaban J connectivity index is 1.25. The van der Waals surface area contributed by atoms with E-state index in [0.717, 1.165) is 5.69 Å². The molecule has 11 heteroatoms. The number of ether oxygens (including phenoxy) is 1. The van der Waals surface area contributed by atoms with E-state index in [1.165, 1.54) is 6.33 Å². The van der Waals surface area contributed by atoms with Crippen LogP contribution < -0.4 is 9.64 Å². The number of benzene rings is 2. The highest BCUT2D eigenvalue weighted by atomic mass is 35.5. The number of hydrogen-bond acceptors (Lipinski definition) is 7. The second kappa shape index (κ2) is 9.21. The van der Waals surface area contributed by atoms with Crippen LogP contribution in [0.15, 0.2) is 54.9 Å². The van der Waals surface area contributed by atoms with Gasteiger partial charge in [0, 0.05) is 31.2 Å². The molecule has 0 N–H and O–H groups in total. The highest BCUT2D eigenvalue weighted by Crippen LogP contribution is 2.28. The summed E-state index contributed by atoms with van der Waals surface area (Å²) in [6.07, 6.45) is 1.52. The van der Waals surface area contributed by atoms with Crippen molar-refractivity contribution in [2.24, 2.45) is 0 Å². The predicted octanol–water partition coefficient (Wildman–Crippen LogP) is 3.24. The van der Waals surface area contributed by atoms with Crippen LogP contribution in [0.25, 0.3) is 16.9 Å². The lowest BCUT2D eigenvalue weighted by molar-refractivity contribution is -0.133. The molecule has 0 unspecified atom stereocenters. The third kappa shape index (κ3) is 4.42. The fourth-order valence-electron chi connectivity index (χ4n) is 3.70. The molecule has 1 aliphatic heterocycles. The van der Waals surface area contributed by atoms with Crippen LogP contribution >= 0.6 is 23.2 Å². The summed E-state index contributed by atoms with van der Waals surface area (Å²) in [4.78, 5) is 25.3. The molecule has 1 fully saturated rings. The van der Waals surface area contributed by atoms with Gasteiger partial charge in [0.05, 0.1) is 10.7 Å².